The topological polar surface area (TPSA) is 50.8 Å². The second-order valence-corrected chi connectivity index (χ2v) is 6.95. The lowest BCUT2D eigenvalue weighted by Gasteiger charge is -2.25. The van der Waals surface area contributed by atoms with Crippen molar-refractivity contribution < 1.29 is 14.3 Å². The molecule has 0 saturated heterocycles. The number of para-hydroxylation sites is 1. The van der Waals surface area contributed by atoms with Crippen LogP contribution in [-0.4, -0.2) is 39.3 Å². The van der Waals surface area contributed by atoms with Gasteiger partial charge in [-0.1, -0.05) is 18.2 Å². The third kappa shape index (κ3) is 4.73. The van der Waals surface area contributed by atoms with E-state index in [-0.39, 0.29) is 5.91 Å². The van der Waals surface area contributed by atoms with Gasteiger partial charge in [0.25, 0.3) is 0 Å². The zero-order valence-electron chi connectivity index (χ0n) is 16.3. The van der Waals surface area contributed by atoms with Gasteiger partial charge < -0.3 is 19.7 Å². The molecule has 0 saturated carbocycles. The molecule has 5 heteroatoms. The number of carbonyl (C=O) groups is 1. The van der Waals surface area contributed by atoms with Crippen molar-refractivity contribution in [3.05, 3.63) is 53.6 Å². The molecule has 0 bridgehead atoms. The summed E-state index contributed by atoms with van der Waals surface area (Å²) in [6.07, 6.45) is 2.17. The van der Waals surface area contributed by atoms with E-state index in [1.807, 2.05) is 18.2 Å². The minimum Gasteiger partial charge on any atom is -0.497 e. The van der Waals surface area contributed by atoms with E-state index < -0.39 is 0 Å². The first-order valence-corrected chi connectivity index (χ1v) is 9.44. The second kappa shape index (κ2) is 8.80. The van der Waals surface area contributed by atoms with Gasteiger partial charge in [-0.15, -0.1) is 0 Å². The van der Waals surface area contributed by atoms with Crippen LogP contribution in [0.3, 0.4) is 0 Å². The number of fused-ring (bicyclic) bond motifs is 1. The van der Waals surface area contributed by atoms with Gasteiger partial charge in [0.05, 0.1) is 14.2 Å². The number of nitrogens with one attached hydrogen (secondary N) is 1. The van der Waals surface area contributed by atoms with Crippen LogP contribution >= 0.6 is 0 Å². The SMILES string of the molecule is COc1cc(CCC(=O)NCCN2c3ccccc3CC2C)cc(OC)c1. The van der Waals surface area contributed by atoms with Gasteiger partial charge in [0.2, 0.25) is 5.91 Å². The average molecular weight is 368 g/mol. The van der Waals surface area contributed by atoms with Gasteiger partial charge in [0, 0.05) is 37.3 Å². The molecule has 0 spiro atoms. The average Bonchev–Trinajstić information content (AvgIpc) is 3.01. The largest absolute Gasteiger partial charge is 0.497 e. The summed E-state index contributed by atoms with van der Waals surface area (Å²) in [5.41, 5.74) is 3.72. The summed E-state index contributed by atoms with van der Waals surface area (Å²) in [5, 5.41) is 3.05. The number of amides is 1. The number of nitrogens with zero attached hydrogens (tertiary/aromatic N) is 1. The first-order valence-electron chi connectivity index (χ1n) is 9.44. The van der Waals surface area contributed by atoms with Gasteiger partial charge in [0.1, 0.15) is 11.5 Å². The molecule has 3 rings (SSSR count). The predicted octanol–water partition coefficient (Wildman–Crippen LogP) is 3.20. The number of ether oxygens (including phenoxy) is 2. The van der Waals surface area contributed by atoms with Gasteiger partial charge in [-0.25, -0.2) is 0 Å². The molecule has 0 radical (unpaired) electrons. The van der Waals surface area contributed by atoms with E-state index in [1.54, 1.807) is 14.2 Å². The zero-order valence-corrected chi connectivity index (χ0v) is 16.3. The zero-order chi connectivity index (χ0) is 19.2. The van der Waals surface area contributed by atoms with Crippen molar-refractivity contribution in [2.75, 3.05) is 32.2 Å². The van der Waals surface area contributed by atoms with Gasteiger partial charge in [-0.05, 0) is 49.1 Å². The van der Waals surface area contributed by atoms with Crippen molar-refractivity contribution in [3.8, 4) is 11.5 Å². The Morgan fingerprint density at radius 2 is 1.85 bits per heavy atom. The van der Waals surface area contributed by atoms with E-state index in [0.29, 0.717) is 25.4 Å². The molecule has 1 heterocycles. The Morgan fingerprint density at radius 3 is 2.56 bits per heavy atom. The molecule has 1 amide bonds. The van der Waals surface area contributed by atoms with Crippen LogP contribution in [-0.2, 0) is 17.6 Å². The van der Waals surface area contributed by atoms with Crippen LogP contribution in [0.4, 0.5) is 5.69 Å². The lowest BCUT2D eigenvalue weighted by molar-refractivity contribution is -0.121. The van der Waals surface area contributed by atoms with Gasteiger partial charge in [0.15, 0.2) is 0 Å². The van der Waals surface area contributed by atoms with E-state index >= 15 is 0 Å². The molecule has 0 fully saturated rings. The van der Waals surface area contributed by atoms with Crippen molar-refractivity contribution in [2.24, 2.45) is 0 Å². The minimum absolute atomic E-state index is 0.0666. The molecule has 1 aliphatic heterocycles. The third-order valence-electron chi connectivity index (χ3n) is 5.08. The number of methoxy groups -OCH3 is 2. The molecule has 5 nitrogen and oxygen atoms in total. The Bertz CT molecular complexity index is 769. The van der Waals surface area contributed by atoms with Crippen molar-refractivity contribution in [1.29, 1.82) is 0 Å². The van der Waals surface area contributed by atoms with Gasteiger partial charge >= 0.3 is 0 Å². The molecule has 1 unspecified atom stereocenters. The molecule has 144 valence electrons. The molecule has 2 aromatic carbocycles. The first-order chi connectivity index (χ1) is 13.1. The van der Waals surface area contributed by atoms with Crippen molar-refractivity contribution in [1.82, 2.24) is 5.32 Å². The van der Waals surface area contributed by atoms with Crippen molar-refractivity contribution in [3.63, 3.8) is 0 Å². The molecule has 0 aromatic heterocycles. The number of aryl methyl sites for hydroxylation is 1. The van der Waals surface area contributed by atoms with Crippen LogP contribution in [0.5, 0.6) is 11.5 Å². The Labute approximate surface area is 161 Å². The van der Waals surface area contributed by atoms with Crippen molar-refractivity contribution >= 4 is 11.6 Å². The fraction of sp³-hybridized carbons (Fsp3) is 0.409. The molecular weight excluding hydrogens is 340 g/mol. The number of hydrogen-bond acceptors (Lipinski definition) is 4. The third-order valence-corrected chi connectivity index (χ3v) is 5.08. The Morgan fingerprint density at radius 1 is 1.15 bits per heavy atom. The number of benzene rings is 2. The summed E-state index contributed by atoms with van der Waals surface area (Å²) in [4.78, 5) is 14.6. The summed E-state index contributed by atoms with van der Waals surface area (Å²) in [7, 11) is 3.26. The van der Waals surface area contributed by atoms with E-state index in [4.69, 9.17) is 9.47 Å². The smallest absolute Gasteiger partial charge is 0.220 e. The van der Waals surface area contributed by atoms with Crippen molar-refractivity contribution in [2.45, 2.75) is 32.2 Å². The molecule has 0 aliphatic carbocycles. The maximum absolute atomic E-state index is 12.2. The molecular formula is C22H28N2O3. The molecule has 1 atom stereocenters. The van der Waals surface area contributed by atoms with Gasteiger partial charge in [-0.3, -0.25) is 4.79 Å². The Kier molecular flexibility index (Phi) is 6.22. The molecule has 1 aliphatic rings. The highest BCUT2D eigenvalue weighted by molar-refractivity contribution is 5.76. The normalized spacial score (nSPS) is 15.4. The standard InChI is InChI=1S/C22H28N2O3/c1-16-12-18-6-4-5-7-21(18)24(16)11-10-23-22(25)9-8-17-13-19(26-2)15-20(14-17)27-3/h4-7,13-16H,8-12H2,1-3H3,(H,23,25). The highest BCUT2D eigenvalue weighted by Gasteiger charge is 2.24. The quantitative estimate of drug-likeness (QED) is 0.777. The summed E-state index contributed by atoms with van der Waals surface area (Å²) in [5.74, 6) is 1.55. The summed E-state index contributed by atoms with van der Waals surface area (Å²) in [6.45, 7) is 3.72. The van der Waals surface area contributed by atoms with Crippen LogP contribution in [0.15, 0.2) is 42.5 Å². The summed E-state index contributed by atoms with van der Waals surface area (Å²) in [6, 6.07) is 14.7. The lowest BCUT2D eigenvalue weighted by atomic mass is 10.1. The fourth-order valence-corrected chi connectivity index (χ4v) is 3.64. The van der Waals surface area contributed by atoms with Crippen LogP contribution < -0.4 is 19.7 Å². The highest BCUT2D eigenvalue weighted by Crippen LogP contribution is 2.31. The second-order valence-electron chi connectivity index (χ2n) is 6.95. The molecule has 2 aromatic rings. The summed E-state index contributed by atoms with van der Waals surface area (Å²) >= 11 is 0. The maximum atomic E-state index is 12.2. The monoisotopic (exact) mass is 368 g/mol. The summed E-state index contributed by atoms with van der Waals surface area (Å²) < 4.78 is 10.6. The van der Waals surface area contributed by atoms with Crippen LogP contribution in [0.1, 0.15) is 24.5 Å². The lowest BCUT2D eigenvalue weighted by Crippen LogP contribution is -2.37. The Balaban J connectivity index is 1.47. The van der Waals surface area contributed by atoms with E-state index in [1.165, 1.54) is 11.3 Å². The fourth-order valence-electron chi connectivity index (χ4n) is 3.64. The van der Waals surface area contributed by atoms with E-state index in [9.17, 15) is 4.79 Å². The van der Waals surface area contributed by atoms with Gasteiger partial charge in [-0.2, -0.15) is 0 Å². The molecule has 27 heavy (non-hydrogen) atoms. The van der Waals surface area contributed by atoms with E-state index in [0.717, 1.165) is 30.0 Å². The first kappa shape index (κ1) is 19.1. The number of rotatable bonds is 8. The van der Waals surface area contributed by atoms with Crippen LogP contribution in [0.2, 0.25) is 0 Å². The minimum atomic E-state index is 0.0666. The van der Waals surface area contributed by atoms with Crippen LogP contribution in [0, 0.1) is 0 Å². The number of anilines is 1. The number of carbonyl (C=O) groups excluding carboxylic acids is 1. The van der Waals surface area contributed by atoms with E-state index in [2.05, 4.69) is 41.4 Å². The maximum Gasteiger partial charge on any atom is 0.220 e. The highest BCUT2D eigenvalue weighted by atomic mass is 16.5. The molecule has 1 N–H and O–H groups in total. The predicted molar refractivity (Wildman–Crippen MR) is 108 cm³/mol. The Hall–Kier alpha value is -2.69. The number of hydrogen-bond donors (Lipinski definition) is 1. The van der Waals surface area contributed by atoms with Crippen LogP contribution in [0.25, 0.3) is 0 Å².